The van der Waals surface area contributed by atoms with Crippen molar-refractivity contribution in [1.29, 1.82) is 0 Å². The van der Waals surface area contributed by atoms with Gasteiger partial charge in [0.2, 0.25) is 5.91 Å². The second-order valence-corrected chi connectivity index (χ2v) is 10.3. The van der Waals surface area contributed by atoms with Gasteiger partial charge in [-0.3, -0.25) is 9.36 Å². The van der Waals surface area contributed by atoms with Crippen molar-refractivity contribution in [2.75, 3.05) is 10.7 Å². The molecule has 5 nitrogen and oxygen atoms in total. The molecular weight excluding hydrogens is 484 g/mol. The molecule has 1 saturated carbocycles. The van der Waals surface area contributed by atoms with Crippen molar-refractivity contribution >= 4 is 39.3 Å². The number of aromatic nitrogens is 3. The van der Waals surface area contributed by atoms with Crippen molar-refractivity contribution in [3.63, 3.8) is 0 Å². The van der Waals surface area contributed by atoms with Crippen LogP contribution in [0.1, 0.15) is 52.0 Å². The summed E-state index contributed by atoms with van der Waals surface area (Å²) in [5.74, 6) is 1.31. The van der Waals surface area contributed by atoms with Crippen molar-refractivity contribution < 1.29 is 4.79 Å². The van der Waals surface area contributed by atoms with Gasteiger partial charge in [0.25, 0.3) is 0 Å². The number of thioether (sulfide) groups is 1. The minimum Gasteiger partial charge on any atom is -0.309 e. The maximum Gasteiger partial charge on any atom is 0.237 e. The Morgan fingerprint density at radius 3 is 2.41 bits per heavy atom. The van der Waals surface area contributed by atoms with Gasteiger partial charge in [0.05, 0.1) is 5.75 Å². The molecule has 0 saturated heterocycles. The standard InChI is InChI=1S/C25H29BrN4OS/c1-18(2)29(21-9-5-3-6-10-21)23(31)17-32-25-28-27-24(19-13-15-20(26)16-14-19)30(25)22-11-7-4-8-12-22/h3,5-6,9-10,13-16,18,22H,4,7-8,11-12,17H2,1-2H3. The van der Waals surface area contributed by atoms with Crippen LogP contribution in [0.5, 0.6) is 0 Å². The Kier molecular flexibility index (Phi) is 7.68. The van der Waals surface area contributed by atoms with E-state index >= 15 is 0 Å². The van der Waals surface area contributed by atoms with E-state index in [-0.39, 0.29) is 11.9 Å². The third-order valence-electron chi connectivity index (χ3n) is 5.85. The van der Waals surface area contributed by atoms with Crippen LogP contribution in [-0.2, 0) is 4.79 Å². The van der Waals surface area contributed by atoms with Gasteiger partial charge in [-0.1, -0.05) is 77.3 Å². The molecular formula is C25H29BrN4OS. The van der Waals surface area contributed by atoms with Crippen LogP contribution in [-0.4, -0.2) is 32.5 Å². The van der Waals surface area contributed by atoms with Crippen molar-refractivity contribution in [2.24, 2.45) is 0 Å². The number of benzene rings is 2. The Hall–Kier alpha value is -2.12. The van der Waals surface area contributed by atoms with Gasteiger partial charge >= 0.3 is 0 Å². The van der Waals surface area contributed by atoms with Crippen LogP contribution in [0.15, 0.2) is 64.2 Å². The molecule has 32 heavy (non-hydrogen) atoms. The van der Waals surface area contributed by atoms with E-state index in [1.807, 2.05) is 61.2 Å². The summed E-state index contributed by atoms with van der Waals surface area (Å²) in [6.07, 6.45) is 5.99. The predicted octanol–water partition coefficient (Wildman–Crippen LogP) is 6.75. The molecule has 1 aliphatic carbocycles. The summed E-state index contributed by atoms with van der Waals surface area (Å²) in [7, 11) is 0. The lowest BCUT2D eigenvalue weighted by molar-refractivity contribution is -0.116. The summed E-state index contributed by atoms with van der Waals surface area (Å²) in [4.78, 5) is 15.1. The van der Waals surface area contributed by atoms with E-state index in [9.17, 15) is 4.79 Å². The van der Waals surface area contributed by atoms with Crippen LogP contribution in [0.2, 0.25) is 0 Å². The first-order valence-electron chi connectivity index (χ1n) is 11.3. The zero-order valence-electron chi connectivity index (χ0n) is 18.6. The van der Waals surface area contributed by atoms with Crippen molar-refractivity contribution in [2.45, 2.75) is 63.2 Å². The second-order valence-electron chi connectivity index (χ2n) is 8.46. The van der Waals surface area contributed by atoms with Gasteiger partial charge in [-0.25, -0.2) is 0 Å². The van der Waals surface area contributed by atoms with E-state index in [0.717, 1.165) is 39.5 Å². The number of halogens is 1. The molecule has 1 amide bonds. The fourth-order valence-electron chi connectivity index (χ4n) is 4.35. The summed E-state index contributed by atoms with van der Waals surface area (Å²) in [5, 5.41) is 9.93. The number of hydrogen-bond acceptors (Lipinski definition) is 4. The van der Waals surface area contributed by atoms with E-state index in [1.54, 1.807) is 0 Å². The van der Waals surface area contributed by atoms with Crippen LogP contribution in [0, 0.1) is 0 Å². The van der Waals surface area contributed by atoms with Gasteiger partial charge < -0.3 is 4.90 Å². The molecule has 2 aromatic carbocycles. The molecule has 168 valence electrons. The predicted molar refractivity (Wildman–Crippen MR) is 135 cm³/mol. The van der Waals surface area contributed by atoms with Crippen molar-refractivity contribution in [3.8, 4) is 11.4 Å². The number of para-hydroxylation sites is 1. The number of hydrogen-bond donors (Lipinski definition) is 0. The Bertz CT molecular complexity index is 1030. The first-order valence-corrected chi connectivity index (χ1v) is 13.0. The fraction of sp³-hybridized carbons (Fsp3) is 0.400. The zero-order valence-corrected chi connectivity index (χ0v) is 21.0. The molecule has 0 aliphatic heterocycles. The Balaban J connectivity index is 1.59. The molecule has 1 fully saturated rings. The third-order valence-corrected chi connectivity index (χ3v) is 7.31. The minimum atomic E-state index is 0.0829. The van der Waals surface area contributed by atoms with E-state index in [0.29, 0.717) is 11.8 Å². The van der Waals surface area contributed by atoms with Crippen LogP contribution >= 0.6 is 27.7 Å². The lowest BCUT2D eigenvalue weighted by atomic mass is 9.95. The number of amides is 1. The highest BCUT2D eigenvalue weighted by atomic mass is 79.9. The van der Waals surface area contributed by atoms with Gasteiger partial charge in [0, 0.05) is 27.8 Å². The number of carbonyl (C=O) groups excluding carboxylic acids is 1. The molecule has 0 N–H and O–H groups in total. The molecule has 3 aromatic rings. The molecule has 4 rings (SSSR count). The second kappa shape index (κ2) is 10.7. The summed E-state index contributed by atoms with van der Waals surface area (Å²) in [5.41, 5.74) is 1.98. The molecule has 0 bridgehead atoms. The van der Waals surface area contributed by atoms with Crippen LogP contribution < -0.4 is 4.90 Å². The van der Waals surface area contributed by atoms with Gasteiger partial charge in [-0.05, 0) is 51.0 Å². The Morgan fingerprint density at radius 2 is 1.75 bits per heavy atom. The summed E-state index contributed by atoms with van der Waals surface area (Å²) >= 11 is 5.01. The number of nitrogens with zero attached hydrogens (tertiary/aromatic N) is 4. The Morgan fingerprint density at radius 1 is 1.06 bits per heavy atom. The van der Waals surface area contributed by atoms with Crippen LogP contribution in [0.25, 0.3) is 11.4 Å². The summed E-state index contributed by atoms with van der Waals surface area (Å²) in [6.45, 7) is 4.09. The largest absolute Gasteiger partial charge is 0.309 e. The molecule has 1 heterocycles. The molecule has 0 radical (unpaired) electrons. The highest BCUT2D eigenvalue weighted by Gasteiger charge is 2.26. The van der Waals surface area contributed by atoms with Crippen LogP contribution in [0.4, 0.5) is 5.69 Å². The van der Waals surface area contributed by atoms with Crippen molar-refractivity contribution in [3.05, 3.63) is 59.1 Å². The lowest BCUT2D eigenvalue weighted by Gasteiger charge is -2.27. The van der Waals surface area contributed by atoms with E-state index in [2.05, 4.69) is 42.8 Å². The molecule has 1 aliphatic rings. The van der Waals surface area contributed by atoms with Gasteiger partial charge in [-0.2, -0.15) is 0 Å². The highest BCUT2D eigenvalue weighted by molar-refractivity contribution is 9.10. The minimum absolute atomic E-state index is 0.0829. The van der Waals surface area contributed by atoms with Gasteiger partial charge in [0.15, 0.2) is 11.0 Å². The zero-order chi connectivity index (χ0) is 22.5. The van der Waals surface area contributed by atoms with E-state index in [1.165, 1.54) is 31.0 Å². The summed E-state index contributed by atoms with van der Waals surface area (Å²) < 4.78 is 3.32. The SMILES string of the molecule is CC(C)N(C(=O)CSc1nnc(-c2ccc(Br)cc2)n1C1CCCCC1)c1ccccc1. The molecule has 0 unspecified atom stereocenters. The van der Waals surface area contributed by atoms with Gasteiger partial charge in [0.1, 0.15) is 0 Å². The molecule has 0 spiro atoms. The molecule has 0 atom stereocenters. The molecule has 1 aromatic heterocycles. The first kappa shape index (κ1) is 23.1. The third kappa shape index (κ3) is 5.26. The average molecular weight is 514 g/mol. The van der Waals surface area contributed by atoms with E-state index in [4.69, 9.17) is 0 Å². The van der Waals surface area contributed by atoms with Gasteiger partial charge in [-0.15, -0.1) is 10.2 Å². The van der Waals surface area contributed by atoms with Crippen LogP contribution in [0.3, 0.4) is 0 Å². The average Bonchev–Trinajstić information content (AvgIpc) is 3.23. The summed E-state index contributed by atoms with van der Waals surface area (Å²) in [6, 6.07) is 18.5. The fourth-order valence-corrected chi connectivity index (χ4v) is 5.48. The normalized spacial score (nSPS) is 14.6. The number of carbonyl (C=O) groups is 1. The lowest BCUT2D eigenvalue weighted by Crippen LogP contribution is -2.38. The highest BCUT2D eigenvalue weighted by Crippen LogP contribution is 2.36. The number of rotatable bonds is 7. The maximum absolute atomic E-state index is 13.2. The quantitative estimate of drug-likeness (QED) is 0.328. The van der Waals surface area contributed by atoms with E-state index < -0.39 is 0 Å². The monoisotopic (exact) mass is 512 g/mol. The topological polar surface area (TPSA) is 51.0 Å². The number of anilines is 1. The van der Waals surface area contributed by atoms with Crippen molar-refractivity contribution in [1.82, 2.24) is 14.8 Å². The first-order chi connectivity index (χ1) is 15.5. The smallest absolute Gasteiger partial charge is 0.237 e. The Labute approximate surface area is 202 Å². The molecule has 7 heteroatoms. The maximum atomic E-state index is 13.2.